The van der Waals surface area contributed by atoms with Gasteiger partial charge >= 0.3 is 0 Å². The van der Waals surface area contributed by atoms with Crippen molar-refractivity contribution >= 4 is 5.78 Å². The Balaban J connectivity index is 2.88. The molecule has 1 aromatic carbocycles. The molecule has 0 aliphatic carbocycles. The van der Waals surface area contributed by atoms with E-state index in [2.05, 4.69) is 13.5 Å². The van der Waals surface area contributed by atoms with Crippen LogP contribution in [0.15, 0.2) is 43.0 Å². The molecule has 0 aliphatic heterocycles. The van der Waals surface area contributed by atoms with E-state index in [9.17, 15) is 4.79 Å². The van der Waals surface area contributed by atoms with Crippen molar-refractivity contribution in [3.05, 3.63) is 48.6 Å². The number of carbonyl (C=O) groups excluding carboxylic acids is 1. The molecule has 0 aromatic heterocycles. The van der Waals surface area contributed by atoms with Crippen molar-refractivity contribution in [2.24, 2.45) is 5.92 Å². The van der Waals surface area contributed by atoms with Gasteiger partial charge in [0.05, 0.1) is 0 Å². The van der Waals surface area contributed by atoms with E-state index in [1.54, 1.807) is 13.0 Å². The van der Waals surface area contributed by atoms with E-state index < -0.39 is 0 Å². The molecule has 2 atom stereocenters. The van der Waals surface area contributed by atoms with Gasteiger partial charge in [0.1, 0.15) is 5.78 Å². The van der Waals surface area contributed by atoms with Crippen LogP contribution >= 0.6 is 0 Å². The Morgan fingerprint density at radius 2 is 1.93 bits per heavy atom. The van der Waals surface area contributed by atoms with E-state index in [0.717, 1.165) is 0 Å². The van der Waals surface area contributed by atoms with Gasteiger partial charge < -0.3 is 0 Å². The lowest BCUT2D eigenvalue weighted by atomic mass is 9.85. The number of hydrogen-bond donors (Lipinski definition) is 0. The second-order valence-electron chi connectivity index (χ2n) is 3.57. The second kappa shape index (κ2) is 4.75. The highest BCUT2D eigenvalue weighted by atomic mass is 16.1. The molecule has 1 nitrogen and oxygen atoms in total. The maximum Gasteiger partial charge on any atom is 0.137 e. The highest BCUT2D eigenvalue weighted by Crippen LogP contribution is 2.25. The first-order chi connectivity index (χ1) is 6.66. The highest BCUT2D eigenvalue weighted by Gasteiger charge is 2.19. The van der Waals surface area contributed by atoms with Crippen LogP contribution in [0, 0.1) is 5.92 Å². The molecular weight excluding hydrogens is 172 g/mol. The molecule has 0 heterocycles. The van der Waals surface area contributed by atoms with E-state index in [-0.39, 0.29) is 17.6 Å². The van der Waals surface area contributed by atoms with Gasteiger partial charge in [-0.25, -0.2) is 0 Å². The summed E-state index contributed by atoms with van der Waals surface area (Å²) in [5, 5.41) is 0. The smallest absolute Gasteiger partial charge is 0.137 e. The van der Waals surface area contributed by atoms with Crippen molar-refractivity contribution in [1.82, 2.24) is 0 Å². The molecule has 1 aromatic rings. The molecule has 0 spiro atoms. The summed E-state index contributed by atoms with van der Waals surface area (Å²) in [5.74, 6) is 0.319. The van der Waals surface area contributed by atoms with Crippen molar-refractivity contribution in [1.29, 1.82) is 0 Å². The zero-order chi connectivity index (χ0) is 10.6. The number of benzene rings is 1. The average molecular weight is 188 g/mol. The molecule has 0 amide bonds. The topological polar surface area (TPSA) is 17.1 Å². The number of hydrogen-bond acceptors (Lipinski definition) is 1. The Bertz CT molecular complexity index is 313. The van der Waals surface area contributed by atoms with Crippen LogP contribution in [0.2, 0.25) is 0 Å². The molecule has 0 saturated heterocycles. The molecule has 0 bridgehead atoms. The Hall–Kier alpha value is -1.37. The quantitative estimate of drug-likeness (QED) is 0.663. The standard InChI is InChI=1S/C13H16O/c1-4-13(11(3)14)10(2)12-8-6-5-7-9-12/h4-10,13H,1H2,2-3H3/t10-,13+/m0/s1. The van der Waals surface area contributed by atoms with E-state index in [0.29, 0.717) is 0 Å². The Morgan fingerprint density at radius 3 is 2.36 bits per heavy atom. The third kappa shape index (κ3) is 2.32. The zero-order valence-electron chi connectivity index (χ0n) is 8.73. The summed E-state index contributed by atoms with van der Waals surface area (Å²) in [7, 11) is 0. The minimum absolute atomic E-state index is 0.0719. The van der Waals surface area contributed by atoms with Crippen LogP contribution in [0.25, 0.3) is 0 Å². The van der Waals surface area contributed by atoms with Crippen molar-refractivity contribution in [3.63, 3.8) is 0 Å². The van der Waals surface area contributed by atoms with Gasteiger partial charge in [-0.3, -0.25) is 4.79 Å². The minimum atomic E-state index is -0.0719. The van der Waals surface area contributed by atoms with Gasteiger partial charge in [-0.2, -0.15) is 0 Å². The summed E-state index contributed by atoms with van der Waals surface area (Å²) in [5.41, 5.74) is 1.19. The van der Waals surface area contributed by atoms with Crippen LogP contribution in [-0.2, 0) is 4.79 Å². The zero-order valence-corrected chi connectivity index (χ0v) is 8.73. The fourth-order valence-electron chi connectivity index (χ4n) is 1.69. The third-order valence-corrected chi connectivity index (χ3v) is 2.59. The summed E-state index contributed by atoms with van der Waals surface area (Å²) in [6.07, 6.45) is 1.74. The van der Waals surface area contributed by atoms with Crippen molar-refractivity contribution in [3.8, 4) is 0 Å². The summed E-state index contributed by atoms with van der Waals surface area (Å²) in [6.45, 7) is 7.38. The summed E-state index contributed by atoms with van der Waals surface area (Å²) in [4.78, 5) is 11.3. The number of ketones is 1. The predicted molar refractivity (Wildman–Crippen MR) is 59.2 cm³/mol. The maximum absolute atomic E-state index is 11.3. The first-order valence-electron chi connectivity index (χ1n) is 4.84. The van der Waals surface area contributed by atoms with E-state index in [1.807, 2.05) is 30.3 Å². The molecule has 1 heteroatoms. The molecule has 74 valence electrons. The first-order valence-corrected chi connectivity index (χ1v) is 4.84. The van der Waals surface area contributed by atoms with Crippen molar-refractivity contribution in [2.45, 2.75) is 19.8 Å². The van der Waals surface area contributed by atoms with E-state index >= 15 is 0 Å². The van der Waals surface area contributed by atoms with Crippen molar-refractivity contribution in [2.75, 3.05) is 0 Å². The molecule has 0 fully saturated rings. The molecule has 1 rings (SSSR count). The van der Waals surface area contributed by atoms with Gasteiger partial charge in [0.25, 0.3) is 0 Å². The molecular formula is C13H16O. The van der Waals surface area contributed by atoms with Crippen LogP contribution in [0.3, 0.4) is 0 Å². The summed E-state index contributed by atoms with van der Waals surface area (Å²) >= 11 is 0. The third-order valence-electron chi connectivity index (χ3n) is 2.59. The average Bonchev–Trinajstić information content (AvgIpc) is 2.19. The van der Waals surface area contributed by atoms with Crippen molar-refractivity contribution < 1.29 is 4.79 Å². The summed E-state index contributed by atoms with van der Waals surface area (Å²) in [6, 6.07) is 10.1. The Morgan fingerprint density at radius 1 is 1.36 bits per heavy atom. The highest BCUT2D eigenvalue weighted by molar-refractivity contribution is 5.81. The number of allylic oxidation sites excluding steroid dienone is 1. The van der Waals surface area contributed by atoms with Crippen LogP contribution in [0.4, 0.5) is 0 Å². The lowest BCUT2D eigenvalue weighted by molar-refractivity contribution is -0.119. The van der Waals surface area contributed by atoms with Gasteiger partial charge in [0.2, 0.25) is 0 Å². The largest absolute Gasteiger partial charge is 0.299 e. The predicted octanol–water partition coefficient (Wildman–Crippen LogP) is 3.18. The van der Waals surface area contributed by atoms with Gasteiger partial charge in [0, 0.05) is 5.92 Å². The number of carbonyl (C=O) groups is 1. The first kappa shape index (κ1) is 10.7. The Labute approximate surface area is 85.5 Å². The molecule has 0 aliphatic rings. The molecule has 0 unspecified atom stereocenters. The fraction of sp³-hybridized carbons (Fsp3) is 0.308. The normalized spacial score (nSPS) is 14.4. The second-order valence-corrected chi connectivity index (χ2v) is 3.57. The minimum Gasteiger partial charge on any atom is -0.299 e. The SMILES string of the molecule is C=C[C@@H](C(C)=O)[C@@H](C)c1ccccc1. The van der Waals surface area contributed by atoms with E-state index in [1.165, 1.54) is 5.56 Å². The van der Waals surface area contributed by atoms with Crippen LogP contribution in [0.1, 0.15) is 25.3 Å². The lowest BCUT2D eigenvalue weighted by Gasteiger charge is -2.18. The van der Waals surface area contributed by atoms with E-state index in [4.69, 9.17) is 0 Å². The van der Waals surface area contributed by atoms with Gasteiger partial charge in [0.15, 0.2) is 0 Å². The monoisotopic (exact) mass is 188 g/mol. The van der Waals surface area contributed by atoms with Crippen LogP contribution in [-0.4, -0.2) is 5.78 Å². The number of Topliss-reactive ketones (excluding diaryl/α,β-unsaturated/α-hetero) is 1. The molecule has 0 N–H and O–H groups in total. The lowest BCUT2D eigenvalue weighted by Crippen LogP contribution is -2.15. The maximum atomic E-state index is 11.3. The summed E-state index contributed by atoms with van der Waals surface area (Å²) < 4.78 is 0. The molecule has 0 radical (unpaired) electrons. The van der Waals surface area contributed by atoms with Gasteiger partial charge in [-0.1, -0.05) is 43.3 Å². The Kier molecular flexibility index (Phi) is 3.63. The van der Waals surface area contributed by atoms with Crippen LogP contribution < -0.4 is 0 Å². The number of rotatable bonds is 4. The fourth-order valence-corrected chi connectivity index (χ4v) is 1.69. The van der Waals surface area contributed by atoms with Gasteiger partial charge in [-0.05, 0) is 18.4 Å². The van der Waals surface area contributed by atoms with Crippen LogP contribution in [0.5, 0.6) is 0 Å². The molecule has 14 heavy (non-hydrogen) atoms. The van der Waals surface area contributed by atoms with Gasteiger partial charge in [-0.15, -0.1) is 6.58 Å². The molecule has 0 saturated carbocycles.